The smallest absolute Gasteiger partial charge is 0.146 e. The Hall–Kier alpha value is -1.21. The SMILES string of the molecule is CNCCN(C)c1cc(CN(CCOC)CCOC)ccc1F. The first-order valence-electron chi connectivity index (χ1n) is 7.96. The summed E-state index contributed by atoms with van der Waals surface area (Å²) in [6.07, 6.45) is 0. The van der Waals surface area contributed by atoms with Crippen LogP contribution in [-0.4, -0.2) is 72.6 Å². The Morgan fingerprint density at radius 1 is 1.09 bits per heavy atom. The van der Waals surface area contributed by atoms with E-state index in [1.807, 2.05) is 31.1 Å². The van der Waals surface area contributed by atoms with Crippen molar-refractivity contribution in [2.75, 3.05) is 72.6 Å². The molecule has 0 fully saturated rings. The Morgan fingerprint density at radius 2 is 1.74 bits per heavy atom. The van der Waals surface area contributed by atoms with Crippen molar-refractivity contribution in [2.24, 2.45) is 0 Å². The lowest BCUT2D eigenvalue weighted by atomic mass is 10.1. The van der Waals surface area contributed by atoms with E-state index in [1.165, 1.54) is 0 Å². The molecule has 0 bridgehead atoms. The molecule has 1 rings (SSSR count). The highest BCUT2D eigenvalue weighted by atomic mass is 19.1. The first kappa shape index (κ1) is 19.8. The average Bonchev–Trinajstić information content (AvgIpc) is 2.56. The molecular weight excluding hydrogens is 297 g/mol. The van der Waals surface area contributed by atoms with Gasteiger partial charge < -0.3 is 19.7 Å². The summed E-state index contributed by atoms with van der Waals surface area (Å²) < 4.78 is 24.4. The summed E-state index contributed by atoms with van der Waals surface area (Å²) in [5.74, 6) is -0.187. The number of anilines is 1. The monoisotopic (exact) mass is 327 g/mol. The minimum absolute atomic E-state index is 0.187. The van der Waals surface area contributed by atoms with Crippen LogP contribution in [0.25, 0.3) is 0 Å². The Morgan fingerprint density at radius 3 is 2.30 bits per heavy atom. The lowest BCUT2D eigenvalue weighted by Crippen LogP contribution is -2.31. The first-order chi connectivity index (χ1) is 11.1. The Labute approximate surface area is 139 Å². The second-order valence-corrected chi connectivity index (χ2v) is 5.57. The summed E-state index contributed by atoms with van der Waals surface area (Å²) in [6.45, 7) is 5.30. The number of ether oxygens (including phenoxy) is 2. The number of methoxy groups -OCH3 is 2. The van der Waals surface area contributed by atoms with Gasteiger partial charge in [-0.3, -0.25) is 4.90 Å². The summed E-state index contributed by atoms with van der Waals surface area (Å²) >= 11 is 0. The van der Waals surface area contributed by atoms with Gasteiger partial charge in [-0.25, -0.2) is 4.39 Å². The highest BCUT2D eigenvalue weighted by molar-refractivity contribution is 5.49. The van der Waals surface area contributed by atoms with Crippen LogP contribution in [0.3, 0.4) is 0 Å². The molecule has 1 aromatic carbocycles. The van der Waals surface area contributed by atoms with Gasteiger partial charge in [0.15, 0.2) is 0 Å². The minimum Gasteiger partial charge on any atom is -0.383 e. The zero-order valence-corrected chi connectivity index (χ0v) is 14.8. The summed E-state index contributed by atoms with van der Waals surface area (Å²) in [5, 5.41) is 3.08. The second-order valence-electron chi connectivity index (χ2n) is 5.57. The van der Waals surface area contributed by atoms with Crippen LogP contribution in [0.2, 0.25) is 0 Å². The number of hydrogen-bond acceptors (Lipinski definition) is 5. The van der Waals surface area contributed by atoms with Gasteiger partial charge in [0.2, 0.25) is 0 Å². The predicted octanol–water partition coefficient (Wildman–Crippen LogP) is 1.58. The molecule has 0 radical (unpaired) electrons. The fraction of sp³-hybridized carbons (Fsp3) is 0.647. The largest absolute Gasteiger partial charge is 0.383 e. The third-order valence-electron chi connectivity index (χ3n) is 3.75. The molecule has 0 aliphatic carbocycles. The first-order valence-corrected chi connectivity index (χ1v) is 7.96. The number of halogens is 1. The molecule has 1 N–H and O–H groups in total. The van der Waals surface area contributed by atoms with Crippen LogP contribution in [0.4, 0.5) is 10.1 Å². The number of nitrogens with one attached hydrogen (secondary N) is 1. The predicted molar refractivity (Wildman–Crippen MR) is 92.6 cm³/mol. The van der Waals surface area contributed by atoms with Crippen LogP contribution in [0.15, 0.2) is 18.2 Å². The summed E-state index contributed by atoms with van der Waals surface area (Å²) in [4.78, 5) is 4.18. The molecule has 0 saturated carbocycles. The number of nitrogens with zero attached hydrogens (tertiary/aromatic N) is 2. The lowest BCUT2D eigenvalue weighted by molar-refractivity contribution is 0.110. The second kappa shape index (κ2) is 11.3. The van der Waals surface area contributed by atoms with Crippen molar-refractivity contribution >= 4 is 5.69 Å². The molecule has 0 unspecified atom stereocenters. The molecule has 5 nitrogen and oxygen atoms in total. The standard InChI is InChI=1S/C17H30FN3O2/c1-19-7-8-20(2)17-13-15(5-6-16(17)18)14-21(9-11-22-3)10-12-23-4/h5-6,13,19H,7-12,14H2,1-4H3. The molecule has 0 aromatic heterocycles. The van der Waals surface area contributed by atoms with E-state index >= 15 is 0 Å². The van der Waals surface area contributed by atoms with Crippen LogP contribution < -0.4 is 10.2 Å². The van der Waals surface area contributed by atoms with Gasteiger partial charge in [0.1, 0.15) is 5.82 Å². The maximum Gasteiger partial charge on any atom is 0.146 e. The van der Waals surface area contributed by atoms with E-state index in [0.29, 0.717) is 18.9 Å². The highest BCUT2D eigenvalue weighted by Gasteiger charge is 2.11. The molecule has 0 aliphatic heterocycles. The molecular formula is C17H30FN3O2. The number of hydrogen-bond donors (Lipinski definition) is 1. The molecule has 0 aliphatic rings. The van der Waals surface area contributed by atoms with Gasteiger partial charge >= 0.3 is 0 Å². The summed E-state index contributed by atoms with van der Waals surface area (Å²) in [7, 11) is 7.19. The molecule has 6 heteroatoms. The molecule has 132 valence electrons. The number of likely N-dealkylation sites (N-methyl/N-ethyl adjacent to an activating group) is 2. The molecule has 0 heterocycles. The quantitative estimate of drug-likeness (QED) is 0.631. The van der Waals surface area contributed by atoms with Gasteiger partial charge in [-0.15, -0.1) is 0 Å². The van der Waals surface area contributed by atoms with Crippen molar-refractivity contribution in [2.45, 2.75) is 6.54 Å². The number of benzene rings is 1. The average molecular weight is 327 g/mol. The van der Waals surface area contributed by atoms with Crippen molar-refractivity contribution in [3.63, 3.8) is 0 Å². The zero-order chi connectivity index (χ0) is 17.1. The lowest BCUT2D eigenvalue weighted by Gasteiger charge is -2.24. The van der Waals surface area contributed by atoms with E-state index in [-0.39, 0.29) is 5.82 Å². The Bertz CT molecular complexity index is 438. The number of rotatable bonds is 12. The van der Waals surface area contributed by atoms with Crippen LogP contribution in [0, 0.1) is 5.82 Å². The van der Waals surface area contributed by atoms with Crippen molar-refractivity contribution in [3.8, 4) is 0 Å². The topological polar surface area (TPSA) is 37.0 Å². The van der Waals surface area contributed by atoms with Gasteiger partial charge in [-0.1, -0.05) is 6.07 Å². The van der Waals surface area contributed by atoms with E-state index in [9.17, 15) is 4.39 Å². The van der Waals surface area contributed by atoms with Crippen LogP contribution in [0.5, 0.6) is 0 Å². The molecule has 0 amide bonds. The van der Waals surface area contributed by atoms with Gasteiger partial charge in [0.25, 0.3) is 0 Å². The van der Waals surface area contributed by atoms with E-state index < -0.39 is 0 Å². The minimum atomic E-state index is -0.187. The zero-order valence-electron chi connectivity index (χ0n) is 14.8. The van der Waals surface area contributed by atoms with Crippen molar-refractivity contribution in [1.82, 2.24) is 10.2 Å². The van der Waals surface area contributed by atoms with E-state index in [1.54, 1.807) is 20.3 Å². The highest BCUT2D eigenvalue weighted by Crippen LogP contribution is 2.20. The van der Waals surface area contributed by atoms with Crippen LogP contribution >= 0.6 is 0 Å². The van der Waals surface area contributed by atoms with Crippen LogP contribution in [0.1, 0.15) is 5.56 Å². The van der Waals surface area contributed by atoms with Crippen molar-refractivity contribution in [3.05, 3.63) is 29.6 Å². The molecule has 0 spiro atoms. The van der Waals surface area contributed by atoms with E-state index in [4.69, 9.17) is 9.47 Å². The van der Waals surface area contributed by atoms with Crippen molar-refractivity contribution < 1.29 is 13.9 Å². The van der Waals surface area contributed by atoms with Gasteiger partial charge in [-0.2, -0.15) is 0 Å². The molecule has 0 atom stereocenters. The van der Waals surface area contributed by atoms with Gasteiger partial charge in [-0.05, 0) is 24.7 Å². The third-order valence-corrected chi connectivity index (χ3v) is 3.75. The van der Waals surface area contributed by atoms with E-state index in [0.717, 1.165) is 38.3 Å². The molecule has 0 saturated heterocycles. The van der Waals surface area contributed by atoms with Gasteiger partial charge in [0.05, 0.1) is 18.9 Å². The fourth-order valence-electron chi connectivity index (χ4n) is 2.32. The van der Waals surface area contributed by atoms with E-state index in [2.05, 4.69) is 10.2 Å². The normalized spacial score (nSPS) is 11.2. The molecule has 23 heavy (non-hydrogen) atoms. The molecule has 1 aromatic rings. The Kier molecular flexibility index (Phi) is 9.78. The Balaban J connectivity index is 2.76. The van der Waals surface area contributed by atoms with Crippen molar-refractivity contribution in [1.29, 1.82) is 0 Å². The fourth-order valence-corrected chi connectivity index (χ4v) is 2.32. The summed E-state index contributed by atoms with van der Waals surface area (Å²) in [6, 6.07) is 5.32. The summed E-state index contributed by atoms with van der Waals surface area (Å²) in [5.41, 5.74) is 1.72. The maximum absolute atomic E-state index is 14.1. The maximum atomic E-state index is 14.1. The van der Waals surface area contributed by atoms with Crippen LogP contribution in [-0.2, 0) is 16.0 Å². The van der Waals surface area contributed by atoms with Gasteiger partial charge in [0, 0.05) is 54.0 Å². The third kappa shape index (κ3) is 7.26.